The standard InChI is InChI=1S/C23H28N2O7S/c26-13-22-19(25-23(27)17-6-9-20-21(12-17)31-15-30-20)8-7-18(32-22)10-11-24-33(28,29)14-16-4-2-1-3-5-16/h1-6,9,12,18-19,22,24,26H,7-8,10-11,13-15H2,(H,25,27)/t18-,19-,22+/m1/s1. The van der Waals surface area contributed by atoms with Gasteiger partial charge in [0.2, 0.25) is 16.8 Å². The number of hydrogen-bond donors (Lipinski definition) is 3. The number of aliphatic hydroxyl groups is 1. The van der Waals surface area contributed by atoms with Gasteiger partial charge in [-0.2, -0.15) is 0 Å². The number of carbonyl (C=O) groups excluding carboxylic acids is 1. The van der Waals surface area contributed by atoms with E-state index in [9.17, 15) is 18.3 Å². The Morgan fingerprint density at radius 1 is 1.06 bits per heavy atom. The number of hydrogen-bond acceptors (Lipinski definition) is 7. The van der Waals surface area contributed by atoms with Gasteiger partial charge in [0.15, 0.2) is 11.5 Å². The predicted molar refractivity (Wildman–Crippen MR) is 120 cm³/mol. The molecular weight excluding hydrogens is 448 g/mol. The van der Waals surface area contributed by atoms with Crippen molar-refractivity contribution in [1.82, 2.24) is 10.0 Å². The lowest BCUT2D eigenvalue weighted by atomic mass is 9.96. The molecule has 4 rings (SSSR count). The summed E-state index contributed by atoms with van der Waals surface area (Å²) in [7, 11) is -3.45. The van der Waals surface area contributed by atoms with Crippen molar-refractivity contribution in [2.45, 2.75) is 43.3 Å². The fourth-order valence-electron chi connectivity index (χ4n) is 4.02. The molecule has 0 unspecified atom stereocenters. The van der Waals surface area contributed by atoms with Gasteiger partial charge < -0.3 is 24.6 Å². The quantitative estimate of drug-likeness (QED) is 0.502. The summed E-state index contributed by atoms with van der Waals surface area (Å²) in [5.41, 5.74) is 1.16. The second kappa shape index (κ2) is 10.5. The molecule has 2 heterocycles. The van der Waals surface area contributed by atoms with Crippen molar-refractivity contribution in [1.29, 1.82) is 0 Å². The van der Waals surface area contributed by atoms with Gasteiger partial charge in [-0.1, -0.05) is 30.3 Å². The second-order valence-corrected chi connectivity index (χ2v) is 9.94. The maximum atomic E-state index is 12.7. The molecule has 33 heavy (non-hydrogen) atoms. The Bertz CT molecular complexity index is 1060. The van der Waals surface area contributed by atoms with Crippen LogP contribution in [-0.4, -0.2) is 57.6 Å². The molecule has 0 spiro atoms. The summed E-state index contributed by atoms with van der Waals surface area (Å²) in [4.78, 5) is 12.7. The number of rotatable bonds is 9. The molecule has 2 aromatic carbocycles. The van der Waals surface area contributed by atoms with Crippen LogP contribution in [0.5, 0.6) is 11.5 Å². The van der Waals surface area contributed by atoms with Crippen LogP contribution in [0.25, 0.3) is 0 Å². The minimum Gasteiger partial charge on any atom is -0.454 e. The van der Waals surface area contributed by atoms with Gasteiger partial charge in [0, 0.05) is 12.1 Å². The van der Waals surface area contributed by atoms with E-state index in [1.165, 1.54) is 0 Å². The molecule has 3 atom stereocenters. The molecule has 2 aliphatic rings. The number of benzene rings is 2. The number of ether oxygens (including phenoxy) is 3. The third kappa shape index (κ3) is 6.23. The zero-order chi connectivity index (χ0) is 23.3. The first kappa shape index (κ1) is 23.5. The van der Waals surface area contributed by atoms with E-state index in [-0.39, 0.29) is 43.8 Å². The van der Waals surface area contributed by atoms with E-state index in [1.54, 1.807) is 42.5 Å². The average molecular weight is 477 g/mol. The molecule has 2 aliphatic heterocycles. The van der Waals surface area contributed by atoms with E-state index in [0.717, 1.165) is 5.56 Å². The minimum atomic E-state index is -3.45. The second-order valence-electron chi connectivity index (χ2n) is 8.13. The topological polar surface area (TPSA) is 123 Å². The Balaban J connectivity index is 1.25. The number of aliphatic hydroxyl groups excluding tert-OH is 1. The van der Waals surface area contributed by atoms with Crippen LogP contribution >= 0.6 is 0 Å². The van der Waals surface area contributed by atoms with E-state index in [0.29, 0.717) is 36.3 Å². The van der Waals surface area contributed by atoms with E-state index >= 15 is 0 Å². The van der Waals surface area contributed by atoms with Crippen molar-refractivity contribution < 1.29 is 32.5 Å². The zero-order valence-electron chi connectivity index (χ0n) is 18.1. The zero-order valence-corrected chi connectivity index (χ0v) is 18.9. The summed E-state index contributed by atoms with van der Waals surface area (Å²) in [5, 5.41) is 12.7. The Morgan fingerprint density at radius 3 is 2.64 bits per heavy atom. The molecule has 0 radical (unpaired) electrons. The van der Waals surface area contributed by atoms with Crippen LogP contribution in [-0.2, 0) is 20.5 Å². The minimum absolute atomic E-state index is 0.0768. The normalized spacial score (nSPS) is 22.2. The Kier molecular flexibility index (Phi) is 7.49. The fourth-order valence-corrected chi connectivity index (χ4v) is 5.18. The van der Waals surface area contributed by atoms with Gasteiger partial charge in [0.05, 0.1) is 24.5 Å². The highest BCUT2D eigenvalue weighted by atomic mass is 32.2. The predicted octanol–water partition coefficient (Wildman–Crippen LogP) is 1.56. The maximum absolute atomic E-state index is 12.7. The molecule has 3 N–H and O–H groups in total. The number of sulfonamides is 1. The highest BCUT2D eigenvalue weighted by Gasteiger charge is 2.32. The molecule has 9 nitrogen and oxygen atoms in total. The molecule has 0 aromatic heterocycles. The summed E-state index contributed by atoms with van der Waals surface area (Å²) in [6, 6.07) is 13.6. The number of carbonyl (C=O) groups is 1. The first-order chi connectivity index (χ1) is 15.9. The number of amides is 1. The number of nitrogens with one attached hydrogen (secondary N) is 2. The lowest BCUT2D eigenvalue weighted by molar-refractivity contribution is -0.0891. The Labute approximate surface area is 193 Å². The average Bonchev–Trinajstić information content (AvgIpc) is 3.28. The van der Waals surface area contributed by atoms with Gasteiger partial charge in [0.1, 0.15) is 6.10 Å². The van der Waals surface area contributed by atoms with Gasteiger partial charge >= 0.3 is 0 Å². The summed E-state index contributed by atoms with van der Waals surface area (Å²) >= 11 is 0. The van der Waals surface area contributed by atoms with Gasteiger partial charge in [-0.05, 0) is 43.0 Å². The van der Waals surface area contributed by atoms with Gasteiger partial charge in [-0.15, -0.1) is 0 Å². The van der Waals surface area contributed by atoms with Crippen molar-refractivity contribution in [3.8, 4) is 11.5 Å². The van der Waals surface area contributed by atoms with Crippen LogP contribution in [0, 0.1) is 0 Å². The van der Waals surface area contributed by atoms with Crippen LogP contribution in [0.15, 0.2) is 48.5 Å². The maximum Gasteiger partial charge on any atom is 0.251 e. The van der Waals surface area contributed by atoms with Crippen molar-refractivity contribution in [3.63, 3.8) is 0 Å². The Morgan fingerprint density at radius 2 is 1.85 bits per heavy atom. The summed E-state index contributed by atoms with van der Waals surface area (Å²) < 4.78 is 43.7. The highest BCUT2D eigenvalue weighted by molar-refractivity contribution is 7.88. The van der Waals surface area contributed by atoms with Crippen molar-refractivity contribution >= 4 is 15.9 Å². The monoisotopic (exact) mass is 476 g/mol. The van der Waals surface area contributed by atoms with Gasteiger partial charge in [-0.25, -0.2) is 13.1 Å². The highest BCUT2D eigenvalue weighted by Crippen LogP contribution is 2.32. The van der Waals surface area contributed by atoms with Crippen LogP contribution in [0.4, 0.5) is 0 Å². The molecule has 10 heteroatoms. The van der Waals surface area contributed by atoms with Crippen LogP contribution in [0.1, 0.15) is 35.2 Å². The molecular formula is C23H28N2O7S. The molecule has 1 fully saturated rings. The fraction of sp³-hybridized carbons (Fsp3) is 0.435. The van der Waals surface area contributed by atoms with Crippen LogP contribution in [0.2, 0.25) is 0 Å². The molecule has 1 saturated heterocycles. The third-order valence-corrected chi connectivity index (χ3v) is 7.09. The first-order valence-electron chi connectivity index (χ1n) is 10.9. The molecule has 0 bridgehead atoms. The smallest absolute Gasteiger partial charge is 0.251 e. The largest absolute Gasteiger partial charge is 0.454 e. The molecule has 1 amide bonds. The lowest BCUT2D eigenvalue weighted by Crippen LogP contribution is -2.51. The van der Waals surface area contributed by atoms with E-state index in [2.05, 4.69) is 10.0 Å². The number of fused-ring (bicyclic) bond motifs is 1. The van der Waals surface area contributed by atoms with Gasteiger partial charge in [0.25, 0.3) is 5.91 Å². The van der Waals surface area contributed by atoms with Crippen LogP contribution < -0.4 is 19.5 Å². The molecule has 2 aromatic rings. The lowest BCUT2D eigenvalue weighted by Gasteiger charge is -2.36. The summed E-state index contributed by atoms with van der Waals surface area (Å²) in [6.45, 7) is 0.127. The van der Waals surface area contributed by atoms with E-state index < -0.39 is 16.1 Å². The molecule has 0 saturated carbocycles. The Hall–Kier alpha value is -2.66. The van der Waals surface area contributed by atoms with Crippen molar-refractivity contribution in [2.75, 3.05) is 19.9 Å². The van der Waals surface area contributed by atoms with Gasteiger partial charge in [-0.3, -0.25) is 4.79 Å². The SMILES string of the molecule is O=C(N[C@@H]1CC[C@H](CCNS(=O)(=O)Cc2ccccc2)O[C@H]1CO)c1ccc2c(c1)OCO2. The van der Waals surface area contributed by atoms with Crippen LogP contribution in [0.3, 0.4) is 0 Å². The molecule has 178 valence electrons. The first-order valence-corrected chi connectivity index (χ1v) is 12.6. The summed E-state index contributed by atoms with van der Waals surface area (Å²) in [6.07, 6.45) is 0.960. The van der Waals surface area contributed by atoms with Crippen molar-refractivity contribution in [3.05, 3.63) is 59.7 Å². The molecule has 0 aliphatic carbocycles. The van der Waals surface area contributed by atoms with Crippen molar-refractivity contribution in [2.24, 2.45) is 0 Å². The van der Waals surface area contributed by atoms with E-state index in [1.807, 2.05) is 6.07 Å². The summed E-state index contributed by atoms with van der Waals surface area (Å²) in [5.74, 6) is 0.763. The van der Waals surface area contributed by atoms with E-state index in [4.69, 9.17) is 14.2 Å². The third-order valence-electron chi connectivity index (χ3n) is 5.73.